The predicted molar refractivity (Wildman–Crippen MR) is 122 cm³/mol. The quantitative estimate of drug-likeness (QED) is 0.135. The molecule has 0 fully saturated rings. The number of hydrogen-bond donors (Lipinski definition) is 1. The number of nitro groups is 1. The zero-order chi connectivity index (χ0) is 25.7. The molecule has 2 unspecified atom stereocenters. The van der Waals surface area contributed by atoms with E-state index in [1.165, 1.54) is 36.4 Å². The van der Waals surface area contributed by atoms with E-state index < -0.39 is 42.2 Å². The Kier molecular flexibility index (Phi) is 9.36. The average Bonchev–Trinajstić information content (AvgIpc) is 2.71. The number of ether oxygens (including phenoxy) is 1. The molecule has 0 heterocycles. The maximum atomic E-state index is 13.9. The fourth-order valence-electron chi connectivity index (χ4n) is 2.87. The Morgan fingerprint density at radius 2 is 1.62 bits per heavy atom. The normalized spacial score (nSPS) is 14.2. The number of nitrogens with one attached hydrogen (secondary N) is 1. The van der Waals surface area contributed by atoms with E-state index in [4.69, 9.17) is 20.6 Å². The van der Waals surface area contributed by atoms with Crippen LogP contribution in [0.15, 0.2) is 48.5 Å². The van der Waals surface area contributed by atoms with Crippen LogP contribution in [0.3, 0.4) is 0 Å². The Morgan fingerprint density at radius 3 is 2.09 bits per heavy atom. The SMILES string of the molecule is CC(C)OP(=O)(OC(C)C)C(Nc1ccc(OC(F)(F)C(F)Cl)cc1)c1cccc([N+](=O)[O-])c1. The Labute approximate surface area is 200 Å². The highest BCUT2D eigenvalue weighted by atomic mass is 35.5. The molecule has 0 radical (unpaired) electrons. The van der Waals surface area contributed by atoms with Gasteiger partial charge in [0.2, 0.25) is 0 Å². The summed E-state index contributed by atoms with van der Waals surface area (Å²) < 4.78 is 69.1. The molecule has 2 rings (SSSR count). The molecule has 1 N–H and O–H groups in total. The lowest BCUT2D eigenvalue weighted by atomic mass is 10.2. The summed E-state index contributed by atoms with van der Waals surface area (Å²) >= 11 is 4.79. The standard InChI is InChI=1S/C21H25ClF3N2O6P/c1-13(2)32-34(30,33-14(3)4)19(15-6-5-7-17(12-15)27(28)29)26-16-8-10-18(11-9-16)31-21(24,25)20(22)23/h5-14,19-20,26H,1-4H3. The highest BCUT2D eigenvalue weighted by Gasteiger charge is 2.42. The van der Waals surface area contributed by atoms with Crippen molar-refractivity contribution in [2.45, 2.75) is 57.4 Å². The second-order valence-electron chi connectivity index (χ2n) is 7.74. The molecule has 0 spiro atoms. The van der Waals surface area contributed by atoms with Gasteiger partial charge in [0.05, 0.1) is 17.1 Å². The van der Waals surface area contributed by atoms with Gasteiger partial charge in [-0.25, -0.2) is 4.39 Å². The molecule has 0 saturated heterocycles. The number of benzene rings is 2. The molecule has 34 heavy (non-hydrogen) atoms. The molecule has 8 nitrogen and oxygen atoms in total. The molecule has 0 aliphatic heterocycles. The molecular weight excluding hydrogens is 500 g/mol. The van der Waals surface area contributed by atoms with Gasteiger partial charge in [0.25, 0.3) is 11.3 Å². The zero-order valence-corrected chi connectivity index (χ0v) is 20.4. The average molecular weight is 525 g/mol. The first-order valence-electron chi connectivity index (χ1n) is 10.2. The maximum Gasteiger partial charge on any atom is 0.444 e. The number of nitrogens with zero attached hydrogens (tertiary/aromatic N) is 1. The number of rotatable bonds is 12. The second-order valence-corrected chi connectivity index (χ2v) is 10.1. The van der Waals surface area contributed by atoms with Gasteiger partial charge in [0.1, 0.15) is 5.75 Å². The third-order valence-corrected chi connectivity index (χ3v) is 6.84. The van der Waals surface area contributed by atoms with Crippen molar-refractivity contribution in [2.75, 3.05) is 5.32 Å². The number of halogens is 4. The van der Waals surface area contributed by atoms with Crippen LogP contribution in [0.5, 0.6) is 5.75 Å². The highest BCUT2D eigenvalue weighted by molar-refractivity contribution is 7.54. The van der Waals surface area contributed by atoms with Crippen LogP contribution in [-0.4, -0.2) is 28.9 Å². The van der Waals surface area contributed by atoms with E-state index in [-0.39, 0.29) is 22.7 Å². The van der Waals surface area contributed by atoms with Gasteiger partial charge < -0.3 is 19.1 Å². The summed E-state index contributed by atoms with van der Waals surface area (Å²) in [6.45, 7) is 6.62. The van der Waals surface area contributed by atoms with Gasteiger partial charge in [-0.1, -0.05) is 23.7 Å². The van der Waals surface area contributed by atoms with E-state index in [0.29, 0.717) is 0 Å². The van der Waals surface area contributed by atoms with Crippen LogP contribution in [0.25, 0.3) is 0 Å². The monoisotopic (exact) mass is 524 g/mol. The summed E-state index contributed by atoms with van der Waals surface area (Å²) in [6.07, 6.45) is -5.28. The lowest BCUT2D eigenvalue weighted by Crippen LogP contribution is -2.32. The van der Waals surface area contributed by atoms with Crippen LogP contribution in [-0.2, 0) is 13.6 Å². The van der Waals surface area contributed by atoms with Crippen molar-refractivity contribution in [3.8, 4) is 5.75 Å². The minimum Gasteiger partial charge on any atom is -0.429 e. The Hall–Kier alpha value is -2.33. The van der Waals surface area contributed by atoms with E-state index in [9.17, 15) is 27.9 Å². The summed E-state index contributed by atoms with van der Waals surface area (Å²) in [5, 5.41) is 14.2. The molecule has 2 aromatic carbocycles. The van der Waals surface area contributed by atoms with Gasteiger partial charge in [-0.2, -0.15) is 8.78 Å². The van der Waals surface area contributed by atoms with E-state index in [0.717, 1.165) is 12.1 Å². The van der Waals surface area contributed by atoms with Crippen molar-refractivity contribution in [3.05, 3.63) is 64.2 Å². The molecule has 0 bridgehead atoms. The molecule has 0 aliphatic rings. The number of anilines is 1. The molecule has 188 valence electrons. The lowest BCUT2D eigenvalue weighted by molar-refractivity contribution is -0.384. The van der Waals surface area contributed by atoms with E-state index in [2.05, 4.69) is 10.1 Å². The summed E-state index contributed by atoms with van der Waals surface area (Å²) in [7, 11) is -3.99. The smallest absolute Gasteiger partial charge is 0.429 e. The molecule has 2 atom stereocenters. The van der Waals surface area contributed by atoms with E-state index in [1.54, 1.807) is 27.7 Å². The summed E-state index contributed by atoms with van der Waals surface area (Å²) in [4.78, 5) is 10.7. The fourth-order valence-corrected chi connectivity index (χ4v) is 5.21. The summed E-state index contributed by atoms with van der Waals surface area (Å²) in [5.74, 6) is -1.56. The summed E-state index contributed by atoms with van der Waals surface area (Å²) in [6, 6.07) is 10.3. The van der Waals surface area contributed by atoms with Crippen LogP contribution in [0.1, 0.15) is 39.0 Å². The van der Waals surface area contributed by atoms with Crippen LogP contribution in [0.2, 0.25) is 0 Å². The number of nitro benzene ring substituents is 1. The minimum absolute atomic E-state index is 0.238. The number of non-ortho nitro benzene ring substituents is 1. The molecule has 13 heteroatoms. The number of alkyl halides is 4. The van der Waals surface area contributed by atoms with Crippen LogP contribution < -0.4 is 10.1 Å². The minimum atomic E-state index is -4.24. The first-order chi connectivity index (χ1) is 15.7. The zero-order valence-electron chi connectivity index (χ0n) is 18.8. The van der Waals surface area contributed by atoms with Crippen molar-refractivity contribution >= 4 is 30.6 Å². The molecule has 2 aromatic rings. The maximum absolute atomic E-state index is 13.9. The van der Waals surface area contributed by atoms with Gasteiger partial charge in [-0.15, -0.1) is 0 Å². The van der Waals surface area contributed by atoms with Crippen LogP contribution >= 0.6 is 19.2 Å². The first-order valence-corrected chi connectivity index (χ1v) is 12.2. The van der Waals surface area contributed by atoms with Crippen LogP contribution in [0, 0.1) is 10.1 Å². The van der Waals surface area contributed by atoms with Gasteiger partial charge in [0.15, 0.2) is 5.78 Å². The van der Waals surface area contributed by atoms with Crippen molar-refractivity contribution in [3.63, 3.8) is 0 Å². The summed E-state index contributed by atoms with van der Waals surface area (Å²) in [5.41, 5.74) is -2.77. The van der Waals surface area contributed by atoms with Crippen molar-refractivity contribution in [1.29, 1.82) is 0 Å². The topological polar surface area (TPSA) is 99.9 Å². The second kappa shape index (κ2) is 11.4. The number of hydrogen-bond acceptors (Lipinski definition) is 7. The third-order valence-electron chi connectivity index (χ3n) is 4.09. The van der Waals surface area contributed by atoms with Gasteiger partial charge in [0, 0.05) is 17.8 Å². The van der Waals surface area contributed by atoms with Gasteiger partial charge in [-0.05, 0) is 57.5 Å². The van der Waals surface area contributed by atoms with E-state index >= 15 is 0 Å². The predicted octanol–water partition coefficient (Wildman–Crippen LogP) is 7.25. The van der Waals surface area contributed by atoms with Crippen molar-refractivity contribution < 1.29 is 36.4 Å². The van der Waals surface area contributed by atoms with Gasteiger partial charge in [-0.3, -0.25) is 14.7 Å². The van der Waals surface area contributed by atoms with Crippen molar-refractivity contribution in [2.24, 2.45) is 0 Å². The Bertz CT molecular complexity index is 1010. The Balaban J connectivity index is 2.47. The van der Waals surface area contributed by atoms with E-state index in [1.807, 2.05) is 0 Å². The molecule has 0 saturated carbocycles. The first kappa shape index (κ1) is 27.9. The largest absolute Gasteiger partial charge is 0.444 e. The van der Waals surface area contributed by atoms with Gasteiger partial charge >= 0.3 is 13.7 Å². The molecule has 0 aliphatic carbocycles. The van der Waals surface area contributed by atoms with Crippen LogP contribution in [0.4, 0.5) is 24.5 Å². The Morgan fingerprint density at radius 1 is 1.06 bits per heavy atom. The third kappa shape index (κ3) is 7.59. The molecule has 0 amide bonds. The fraction of sp³-hybridized carbons (Fsp3) is 0.429. The lowest BCUT2D eigenvalue weighted by Gasteiger charge is -2.31. The molecular formula is C21H25ClF3N2O6P. The highest BCUT2D eigenvalue weighted by Crippen LogP contribution is 2.62. The molecule has 0 aromatic heterocycles. The van der Waals surface area contributed by atoms with Crippen molar-refractivity contribution in [1.82, 2.24) is 0 Å².